The minimum Gasteiger partial charge on any atom is -0.371 e. The van der Waals surface area contributed by atoms with Crippen molar-refractivity contribution in [1.82, 2.24) is 15.3 Å². The summed E-state index contributed by atoms with van der Waals surface area (Å²) in [5.74, 6) is 0. The van der Waals surface area contributed by atoms with Crippen molar-refractivity contribution >= 4 is 21.7 Å². The zero-order valence-electron chi connectivity index (χ0n) is 9.56. The molecule has 0 radical (unpaired) electrons. The van der Waals surface area contributed by atoms with Gasteiger partial charge >= 0.3 is 0 Å². The Hall–Kier alpha value is -1.04. The standard InChI is InChI=1S/C12H15N3OS/c1-2-10-12(14-5-1)17-11(15-10)8-16-9-3-6-13-7-4-9/h1-2,5,9,13H,3-4,6-8H2. The average Bonchev–Trinajstić information content (AvgIpc) is 2.80. The molecule has 0 unspecified atom stereocenters. The Labute approximate surface area is 104 Å². The maximum atomic E-state index is 5.88. The number of fused-ring (bicyclic) bond motifs is 1. The van der Waals surface area contributed by atoms with Crippen LogP contribution in [0.1, 0.15) is 17.8 Å². The smallest absolute Gasteiger partial charge is 0.143 e. The van der Waals surface area contributed by atoms with E-state index in [1.807, 2.05) is 12.1 Å². The Morgan fingerprint density at radius 1 is 1.41 bits per heavy atom. The van der Waals surface area contributed by atoms with Crippen LogP contribution >= 0.6 is 11.3 Å². The average molecular weight is 249 g/mol. The fourth-order valence-electron chi connectivity index (χ4n) is 2.03. The number of hydrogen-bond donors (Lipinski definition) is 1. The minimum absolute atomic E-state index is 0.385. The third-order valence-corrected chi connectivity index (χ3v) is 3.89. The molecule has 1 saturated heterocycles. The van der Waals surface area contributed by atoms with Gasteiger partial charge in [0.25, 0.3) is 0 Å². The van der Waals surface area contributed by atoms with Crippen LogP contribution in [-0.2, 0) is 11.3 Å². The highest BCUT2D eigenvalue weighted by atomic mass is 32.1. The maximum absolute atomic E-state index is 5.88. The lowest BCUT2D eigenvalue weighted by Gasteiger charge is -2.22. The normalized spacial score (nSPS) is 17.6. The minimum atomic E-state index is 0.385. The van der Waals surface area contributed by atoms with Crippen molar-refractivity contribution in [2.75, 3.05) is 13.1 Å². The molecule has 3 rings (SSSR count). The van der Waals surface area contributed by atoms with Gasteiger partial charge in [-0.2, -0.15) is 0 Å². The summed E-state index contributed by atoms with van der Waals surface area (Å²) >= 11 is 1.62. The second kappa shape index (κ2) is 5.08. The van der Waals surface area contributed by atoms with Crippen LogP contribution in [0.5, 0.6) is 0 Å². The van der Waals surface area contributed by atoms with Crippen LogP contribution in [-0.4, -0.2) is 29.2 Å². The zero-order valence-corrected chi connectivity index (χ0v) is 10.4. The van der Waals surface area contributed by atoms with Crippen LogP contribution in [0.25, 0.3) is 10.3 Å². The van der Waals surface area contributed by atoms with Gasteiger partial charge in [0.05, 0.1) is 12.7 Å². The lowest BCUT2D eigenvalue weighted by Crippen LogP contribution is -2.32. The molecule has 4 nitrogen and oxygen atoms in total. The third-order valence-electron chi connectivity index (χ3n) is 2.94. The number of pyridine rings is 1. The molecule has 1 N–H and O–H groups in total. The third kappa shape index (κ3) is 2.62. The van der Waals surface area contributed by atoms with Crippen LogP contribution in [0.4, 0.5) is 0 Å². The molecule has 0 saturated carbocycles. The van der Waals surface area contributed by atoms with Gasteiger partial charge in [-0.15, -0.1) is 0 Å². The first-order valence-corrected chi connectivity index (χ1v) is 6.76. The number of nitrogens with zero attached hydrogens (tertiary/aromatic N) is 2. The van der Waals surface area contributed by atoms with Gasteiger partial charge < -0.3 is 10.1 Å². The van der Waals surface area contributed by atoms with Crippen LogP contribution in [0.3, 0.4) is 0 Å². The summed E-state index contributed by atoms with van der Waals surface area (Å²) in [4.78, 5) is 9.80. The van der Waals surface area contributed by atoms with Crippen LogP contribution in [0.15, 0.2) is 18.3 Å². The molecule has 0 aromatic carbocycles. The molecule has 1 aliphatic rings. The van der Waals surface area contributed by atoms with E-state index in [2.05, 4.69) is 15.3 Å². The fraction of sp³-hybridized carbons (Fsp3) is 0.500. The predicted octanol–water partition coefficient (Wildman–Crippen LogP) is 1.96. The maximum Gasteiger partial charge on any atom is 0.143 e. The highest BCUT2D eigenvalue weighted by molar-refractivity contribution is 7.18. The molecule has 2 aromatic rings. The lowest BCUT2D eigenvalue weighted by molar-refractivity contribution is 0.0212. The largest absolute Gasteiger partial charge is 0.371 e. The molecular formula is C12H15N3OS. The molecule has 2 aromatic heterocycles. The van der Waals surface area contributed by atoms with Crippen molar-refractivity contribution in [3.8, 4) is 0 Å². The first-order valence-electron chi connectivity index (χ1n) is 5.94. The molecule has 0 atom stereocenters. The number of rotatable bonds is 3. The molecule has 17 heavy (non-hydrogen) atoms. The predicted molar refractivity (Wildman–Crippen MR) is 68.1 cm³/mol. The van der Waals surface area contributed by atoms with Gasteiger partial charge in [-0.1, -0.05) is 11.3 Å². The van der Waals surface area contributed by atoms with E-state index < -0.39 is 0 Å². The van der Waals surface area contributed by atoms with Crippen molar-refractivity contribution in [3.63, 3.8) is 0 Å². The van der Waals surface area contributed by atoms with E-state index >= 15 is 0 Å². The number of nitrogens with one attached hydrogen (secondary N) is 1. The fourth-order valence-corrected chi connectivity index (χ4v) is 2.85. The molecule has 1 fully saturated rings. The quantitative estimate of drug-likeness (QED) is 0.903. The van der Waals surface area contributed by atoms with E-state index in [1.54, 1.807) is 17.5 Å². The SMILES string of the molecule is c1cnc2sc(COC3CCNCC3)nc2c1. The lowest BCUT2D eigenvalue weighted by atomic mass is 10.1. The number of thiazole rings is 1. The van der Waals surface area contributed by atoms with Gasteiger partial charge in [-0.3, -0.25) is 0 Å². The van der Waals surface area contributed by atoms with E-state index in [9.17, 15) is 0 Å². The zero-order chi connectivity index (χ0) is 11.5. The topological polar surface area (TPSA) is 47.0 Å². The molecule has 5 heteroatoms. The molecular weight excluding hydrogens is 234 g/mol. The van der Waals surface area contributed by atoms with E-state index in [4.69, 9.17) is 4.74 Å². The van der Waals surface area contributed by atoms with Gasteiger partial charge in [0.1, 0.15) is 15.4 Å². The molecule has 0 amide bonds. The Morgan fingerprint density at radius 2 is 2.29 bits per heavy atom. The Bertz CT molecular complexity index is 460. The van der Waals surface area contributed by atoms with Crippen molar-refractivity contribution in [3.05, 3.63) is 23.3 Å². The highest BCUT2D eigenvalue weighted by Gasteiger charge is 2.14. The molecule has 0 bridgehead atoms. The van der Waals surface area contributed by atoms with Crippen molar-refractivity contribution in [2.24, 2.45) is 0 Å². The molecule has 0 aliphatic carbocycles. The van der Waals surface area contributed by atoms with Gasteiger partial charge in [-0.05, 0) is 38.1 Å². The number of aromatic nitrogens is 2. The van der Waals surface area contributed by atoms with Crippen molar-refractivity contribution in [2.45, 2.75) is 25.6 Å². The summed E-state index contributed by atoms with van der Waals surface area (Å²) in [5.41, 5.74) is 0.974. The number of piperidine rings is 1. The first kappa shape index (κ1) is 11.1. The molecule has 0 spiro atoms. The Balaban J connectivity index is 1.64. The summed E-state index contributed by atoms with van der Waals surface area (Å²) in [6.45, 7) is 2.74. The highest BCUT2D eigenvalue weighted by Crippen LogP contribution is 2.21. The van der Waals surface area contributed by atoms with Crippen LogP contribution < -0.4 is 5.32 Å². The first-order chi connectivity index (χ1) is 8.42. The molecule has 90 valence electrons. The summed E-state index contributed by atoms with van der Waals surface area (Å²) in [6, 6.07) is 3.91. The van der Waals surface area contributed by atoms with E-state index in [0.29, 0.717) is 12.7 Å². The van der Waals surface area contributed by atoms with Gasteiger partial charge in [-0.25, -0.2) is 9.97 Å². The molecule has 1 aliphatic heterocycles. The summed E-state index contributed by atoms with van der Waals surface area (Å²) < 4.78 is 5.88. The van der Waals surface area contributed by atoms with Gasteiger partial charge in [0.15, 0.2) is 0 Å². The number of ether oxygens (including phenoxy) is 1. The summed E-state index contributed by atoms with van der Waals surface area (Å²) in [7, 11) is 0. The van der Waals surface area contributed by atoms with E-state index in [-0.39, 0.29) is 0 Å². The number of hydrogen-bond acceptors (Lipinski definition) is 5. The van der Waals surface area contributed by atoms with Crippen molar-refractivity contribution < 1.29 is 4.74 Å². The summed E-state index contributed by atoms with van der Waals surface area (Å²) in [6.07, 6.45) is 4.39. The second-order valence-electron chi connectivity index (χ2n) is 4.20. The Morgan fingerprint density at radius 3 is 3.12 bits per heavy atom. The second-order valence-corrected chi connectivity index (χ2v) is 5.26. The Kier molecular flexibility index (Phi) is 3.31. The van der Waals surface area contributed by atoms with E-state index in [0.717, 1.165) is 41.3 Å². The van der Waals surface area contributed by atoms with Crippen molar-refractivity contribution in [1.29, 1.82) is 0 Å². The van der Waals surface area contributed by atoms with Crippen LogP contribution in [0.2, 0.25) is 0 Å². The molecule has 3 heterocycles. The van der Waals surface area contributed by atoms with E-state index in [1.165, 1.54) is 0 Å². The van der Waals surface area contributed by atoms with Gasteiger partial charge in [0.2, 0.25) is 0 Å². The summed E-state index contributed by atoms with van der Waals surface area (Å²) in [5, 5.41) is 4.36. The monoisotopic (exact) mass is 249 g/mol. The van der Waals surface area contributed by atoms with Crippen LogP contribution in [0, 0.1) is 0 Å². The van der Waals surface area contributed by atoms with Gasteiger partial charge in [0, 0.05) is 6.20 Å².